The van der Waals surface area contributed by atoms with Gasteiger partial charge >= 0.3 is 0 Å². The smallest absolute Gasteiger partial charge is 0.257 e. The van der Waals surface area contributed by atoms with Crippen LogP contribution in [0.5, 0.6) is 0 Å². The quantitative estimate of drug-likeness (QED) is 0.927. The number of nitrogens with two attached hydrogens (primary N) is 1. The van der Waals surface area contributed by atoms with Gasteiger partial charge in [-0.05, 0) is 35.4 Å². The minimum atomic E-state index is 0.0286. The molecule has 24 heavy (non-hydrogen) atoms. The minimum absolute atomic E-state index is 0.0286. The molecule has 2 aromatic rings. The topological polar surface area (TPSA) is 59.5 Å². The van der Waals surface area contributed by atoms with Gasteiger partial charge in [0.15, 0.2) is 0 Å². The number of rotatable bonds is 3. The summed E-state index contributed by atoms with van der Waals surface area (Å²) in [6, 6.07) is 10.6. The highest BCUT2D eigenvalue weighted by atomic mass is 16.3. The van der Waals surface area contributed by atoms with Crippen molar-refractivity contribution in [2.24, 2.45) is 5.73 Å². The zero-order chi connectivity index (χ0) is 17.3. The van der Waals surface area contributed by atoms with Crippen molar-refractivity contribution in [1.82, 2.24) is 4.90 Å². The summed E-state index contributed by atoms with van der Waals surface area (Å²) in [6.45, 7) is 7.72. The molecule has 0 bridgehead atoms. The Balaban J connectivity index is 1.81. The Morgan fingerprint density at radius 1 is 1.29 bits per heavy atom. The third kappa shape index (κ3) is 3.24. The van der Waals surface area contributed by atoms with Crippen LogP contribution >= 0.6 is 0 Å². The standard InChI is InChI=1S/C20H26N2O2/c1-20(2,3)16-8-6-14(7-9-16)18-5-4-10-22(18)19(23)15-11-17(12-21)24-13-15/h6-9,11,13,18H,4-5,10,12,21H2,1-3H3. The molecule has 2 N–H and O–H groups in total. The zero-order valence-electron chi connectivity index (χ0n) is 14.7. The van der Waals surface area contributed by atoms with Crippen molar-refractivity contribution in [3.05, 3.63) is 59.0 Å². The molecular formula is C20H26N2O2. The second kappa shape index (κ2) is 6.44. The highest BCUT2D eigenvalue weighted by Crippen LogP contribution is 2.34. The van der Waals surface area contributed by atoms with Crippen LogP contribution < -0.4 is 5.73 Å². The van der Waals surface area contributed by atoms with E-state index in [2.05, 4.69) is 45.0 Å². The molecule has 1 atom stereocenters. The van der Waals surface area contributed by atoms with Crippen LogP contribution in [-0.2, 0) is 12.0 Å². The molecule has 1 aromatic heterocycles. The predicted octanol–water partition coefficient (Wildman–Crippen LogP) is 4.01. The number of hydrogen-bond donors (Lipinski definition) is 1. The number of amides is 1. The van der Waals surface area contributed by atoms with E-state index in [0.717, 1.165) is 19.4 Å². The van der Waals surface area contributed by atoms with Crippen LogP contribution in [0.1, 0.15) is 66.9 Å². The molecule has 2 heterocycles. The Morgan fingerprint density at radius 3 is 2.58 bits per heavy atom. The van der Waals surface area contributed by atoms with Crippen LogP contribution in [0.15, 0.2) is 41.0 Å². The first kappa shape index (κ1) is 16.8. The second-order valence-corrected chi connectivity index (χ2v) is 7.53. The number of likely N-dealkylation sites (tertiary alicyclic amines) is 1. The largest absolute Gasteiger partial charge is 0.467 e. The van der Waals surface area contributed by atoms with Crippen LogP contribution in [0, 0.1) is 0 Å². The highest BCUT2D eigenvalue weighted by molar-refractivity contribution is 5.94. The van der Waals surface area contributed by atoms with Gasteiger partial charge in [0.1, 0.15) is 12.0 Å². The third-order valence-corrected chi connectivity index (χ3v) is 4.78. The van der Waals surface area contributed by atoms with Gasteiger partial charge in [0.25, 0.3) is 5.91 Å². The van der Waals surface area contributed by atoms with Crippen LogP contribution in [0.2, 0.25) is 0 Å². The van der Waals surface area contributed by atoms with E-state index in [1.165, 1.54) is 17.4 Å². The lowest BCUT2D eigenvalue weighted by molar-refractivity contribution is 0.0735. The maximum atomic E-state index is 12.8. The molecule has 1 amide bonds. The van der Waals surface area contributed by atoms with Crippen LogP contribution in [0.25, 0.3) is 0 Å². The lowest BCUT2D eigenvalue weighted by Gasteiger charge is -2.26. The fraction of sp³-hybridized carbons (Fsp3) is 0.450. The maximum absolute atomic E-state index is 12.8. The second-order valence-electron chi connectivity index (χ2n) is 7.53. The molecule has 0 spiro atoms. The molecule has 3 rings (SSSR count). The molecule has 1 saturated heterocycles. The SMILES string of the molecule is CC(C)(C)c1ccc(C2CCCN2C(=O)c2coc(CN)c2)cc1. The average molecular weight is 326 g/mol. The van der Waals surface area contributed by atoms with E-state index < -0.39 is 0 Å². The Bertz CT molecular complexity index is 710. The highest BCUT2D eigenvalue weighted by Gasteiger charge is 2.31. The average Bonchev–Trinajstić information content (AvgIpc) is 3.22. The van der Waals surface area contributed by atoms with Crippen molar-refractivity contribution in [1.29, 1.82) is 0 Å². The summed E-state index contributed by atoms with van der Waals surface area (Å²) < 4.78 is 5.32. The molecule has 0 radical (unpaired) electrons. The number of carbonyl (C=O) groups excluding carboxylic acids is 1. The first-order valence-corrected chi connectivity index (χ1v) is 8.59. The van der Waals surface area contributed by atoms with E-state index in [0.29, 0.717) is 17.9 Å². The molecule has 0 saturated carbocycles. The van der Waals surface area contributed by atoms with Crippen molar-refractivity contribution >= 4 is 5.91 Å². The van der Waals surface area contributed by atoms with Gasteiger partial charge in [-0.2, -0.15) is 0 Å². The van der Waals surface area contributed by atoms with Gasteiger partial charge < -0.3 is 15.1 Å². The molecule has 1 unspecified atom stereocenters. The van der Waals surface area contributed by atoms with Gasteiger partial charge in [-0.15, -0.1) is 0 Å². The van der Waals surface area contributed by atoms with Crippen LogP contribution in [-0.4, -0.2) is 17.4 Å². The van der Waals surface area contributed by atoms with E-state index in [1.54, 1.807) is 6.07 Å². The van der Waals surface area contributed by atoms with E-state index in [-0.39, 0.29) is 17.4 Å². The Labute approximate surface area is 143 Å². The summed E-state index contributed by atoms with van der Waals surface area (Å²) in [5.74, 6) is 0.671. The summed E-state index contributed by atoms with van der Waals surface area (Å²) in [5, 5.41) is 0. The lowest BCUT2D eigenvalue weighted by Crippen LogP contribution is -2.30. The summed E-state index contributed by atoms with van der Waals surface area (Å²) >= 11 is 0. The summed E-state index contributed by atoms with van der Waals surface area (Å²) in [4.78, 5) is 14.8. The molecule has 1 aliphatic rings. The molecule has 1 fully saturated rings. The molecule has 1 aliphatic heterocycles. The number of furan rings is 1. The first-order valence-electron chi connectivity index (χ1n) is 8.59. The fourth-order valence-corrected chi connectivity index (χ4v) is 3.33. The van der Waals surface area contributed by atoms with Crippen molar-refractivity contribution in [3.8, 4) is 0 Å². The number of benzene rings is 1. The van der Waals surface area contributed by atoms with Crippen molar-refractivity contribution < 1.29 is 9.21 Å². The van der Waals surface area contributed by atoms with E-state index >= 15 is 0 Å². The maximum Gasteiger partial charge on any atom is 0.257 e. The molecule has 0 aliphatic carbocycles. The van der Waals surface area contributed by atoms with E-state index in [1.807, 2.05) is 4.90 Å². The van der Waals surface area contributed by atoms with Crippen molar-refractivity contribution in [2.75, 3.05) is 6.54 Å². The first-order chi connectivity index (χ1) is 11.4. The summed E-state index contributed by atoms with van der Waals surface area (Å²) in [7, 11) is 0. The zero-order valence-corrected chi connectivity index (χ0v) is 14.7. The van der Waals surface area contributed by atoms with Gasteiger partial charge in [0.05, 0.1) is 18.2 Å². The summed E-state index contributed by atoms with van der Waals surface area (Å²) in [6.07, 6.45) is 3.55. The Hall–Kier alpha value is -2.07. The third-order valence-electron chi connectivity index (χ3n) is 4.78. The van der Waals surface area contributed by atoms with Crippen molar-refractivity contribution in [2.45, 2.75) is 51.6 Å². The molecule has 1 aromatic carbocycles. The normalized spacial score (nSPS) is 18.2. The number of nitrogens with zero attached hydrogens (tertiary/aromatic N) is 1. The summed E-state index contributed by atoms with van der Waals surface area (Å²) in [5.41, 5.74) is 8.81. The van der Waals surface area contributed by atoms with Gasteiger partial charge in [0.2, 0.25) is 0 Å². The van der Waals surface area contributed by atoms with Crippen LogP contribution in [0.3, 0.4) is 0 Å². The predicted molar refractivity (Wildman–Crippen MR) is 94.8 cm³/mol. The van der Waals surface area contributed by atoms with Crippen LogP contribution in [0.4, 0.5) is 0 Å². The lowest BCUT2D eigenvalue weighted by atomic mass is 9.86. The molecule has 4 nitrogen and oxygen atoms in total. The van der Waals surface area contributed by atoms with E-state index in [4.69, 9.17) is 10.2 Å². The van der Waals surface area contributed by atoms with E-state index in [9.17, 15) is 4.79 Å². The number of hydrogen-bond acceptors (Lipinski definition) is 3. The minimum Gasteiger partial charge on any atom is -0.467 e. The van der Waals surface area contributed by atoms with Gasteiger partial charge in [-0.3, -0.25) is 4.79 Å². The molecule has 4 heteroatoms. The molecule has 128 valence electrons. The molecular weight excluding hydrogens is 300 g/mol. The fourth-order valence-electron chi connectivity index (χ4n) is 3.33. The monoisotopic (exact) mass is 326 g/mol. The Kier molecular flexibility index (Phi) is 4.50. The van der Waals surface area contributed by atoms with Gasteiger partial charge in [-0.1, -0.05) is 45.0 Å². The van der Waals surface area contributed by atoms with Gasteiger partial charge in [0, 0.05) is 6.54 Å². The van der Waals surface area contributed by atoms with Crippen molar-refractivity contribution in [3.63, 3.8) is 0 Å². The van der Waals surface area contributed by atoms with Gasteiger partial charge in [-0.25, -0.2) is 0 Å². The Morgan fingerprint density at radius 2 is 2.00 bits per heavy atom. The number of carbonyl (C=O) groups is 1.